The third kappa shape index (κ3) is 2.77. The van der Waals surface area contributed by atoms with Crippen LogP contribution in [-0.2, 0) is 0 Å². The summed E-state index contributed by atoms with van der Waals surface area (Å²) in [5, 5.41) is 3.61. The Hall–Kier alpha value is -1.45. The zero-order chi connectivity index (χ0) is 14.0. The molecule has 1 unspecified atom stereocenters. The lowest BCUT2D eigenvalue weighted by Gasteiger charge is -2.14. The highest BCUT2D eigenvalue weighted by molar-refractivity contribution is 6.31. The molecular weight excluding hydrogens is 268 g/mol. The smallest absolute Gasteiger partial charge is 0.166 e. The Bertz CT molecular complexity index is 599. The first kappa shape index (κ1) is 14.0. The fraction of sp³-hybridized carbons (Fsp3) is 0.200. The molecule has 2 aromatic carbocycles. The van der Waals surface area contributed by atoms with Gasteiger partial charge >= 0.3 is 0 Å². The molecule has 4 heteroatoms. The van der Waals surface area contributed by atoms with Gasteiger partial charge in [-0.3, -0.25) is 0 Å². The summed E-state index contributed by atoms with van der Waals surface area (Å²) in [6, 6.07) is 9.42. The van der Waals surface area contributed by atoms with Gasteiger partial charge in [0.1, 0.15) is 0 Å². The highest BCUT2D eigenvalue weighted by Crippen LogP contribution is 2.30. The first-order valence-electron chi connectivity index (χ1n) is 5.95. The summed E-state index contributed by atoms with van der Waals surface area (Å²) in [4.78, 5) is 0. The first-order valence-corrected chi connectivity index (χ1v) is 6.33. The Morgan fingerprint density at radius 2 is 1.89 bits per heavy atom. The second-order valence-corrected chi connectivity index (χ2v) is 4.76. The maximum absolute atomic E-state index is 13.7. The van der Waals surface area contributed by atoms with Crippen molar-refractivity contribution >= 4 is 11.6 Å². The topological polar surface area (TPSA) is 12.0 Å². The molecule has 0 aromatic heterocycles. The van der Waals surface area contributed by atoms with Gasteiger partial charge in [0.25, 0.3) is 0 Å². The third-order valence-electron chi connectivity index (χ3n) is 3.16. The van der Waals surface area contributed by atoms with E-state index in [4.69, 9.17) is 11.6 Å². The Balaban J connectivity index is 2.48. The van der Waals surface area contributed by atoms with Crippen LogP contribution in [0.4, 0.5) is 8.78 Å². The molecule has 0 radical (unpaired) electrons. The predicted molar refractivity (Wildman–Crippen MR) is 74.3 cm³/mol. The van der Waals surface area contributed by atoms with Gasteiger partial charge in [-0.2, -0.15) is 0 Å². The average molecular weight is 282 g/mol. The lowest BCUT2D eigenvalue weighted by atomic mass is 10.0. The summed E-state index contributed by atoms with van der Waals surface area (Å²) in [5.74, 6) is -1.71. The quantitative estimate of drug-likeness (QED) is 0.869. The zero-order valence-corrected chi connectivity index (χ0v) is 11.4. The molecule has 0 heterocycles. The lowest BCUT2D eigenvalue weighted by Crippen LogP contribution is -2.12. The van der Waals surface area contributed by atoms with Gasteiger partial charge in [-0.1, -0.05) is 35.9 Å². The maximum atomic E-state index is 13.7. The fourth-order valence-electron chi connectivity index (χ4n) is 1.93. The van der Waals surface area contributed by atoms with E-state index in [1.165, 1.54) is 12.1 Å². The number of benzene rings is 2. The molecule has 0 amide bonds. The van der Waals surface area contributed by atoms with Gasteiger partial charge < -0.3 is 5.32 Å². The summed E-state index contributed by atoms with van der Waals surface area (Å²) in [5.41, 5.74) is 1.70. The largest absolute Gasteiger partial charge is 0.313 e. The monoisotopic (exact) mass is 281 g/mol. The summed E-state index contributed by atoms with van der Waals surface area (Å²) in [7, 11) is 1.83. The molecule has 1 N–H and O–H groups in total. The Morgan fingerprint density at radius 3 is 2.53 bits per heavy atom. The van der Waals surface area contributed by atoms with E-state index in [1.54, 1.807) is 12.1 Å². The summed E-state index contributed by atoms with van der Waals surface area (Å²) in [6.45, 7) is 1.98. The summed E-state index contributed by atoms with van der Waals surface area (Å²) >= 11 is 6.19. The molecule has 19 heavy (non-hydrogen) atoms. The van der Waals surface area contributed by atoms with Crippen molar-refractivity contribution in [1.82, 2.24) is 5.32 Å². The normalized spacial score (nSPS) is 12.5. The second-order valence-electron chi connectivity index (χ2n) is 4.35. The first-order chi connectivity index (χ1) is 9.04. The van der Waals surface area contributed by atoms with Crippen molar-refractivity contribution in [2.75, 3.05) is 7.05 Å². The highest BCUT2D eigenvalue weighted by Gasteiger charge is 2.13. The molecule has 0 saturated carbocycles. The van der Waals surface area contributed by atoms with Gasteiger partial charge in [0.05, 0.1) is 0 Å². The lowest BCUT2D eigenvalue weighted by molar-refractivity contribution is 0.511. The average Bonchev–Trinajstić information content (AvgIpc) is 2.41. The number of halogens is 3. The van der Waals surface area contributed by atoms with Crippen LogP contribution in [0.5, 0.6) is 0 Å². The van der Waals surface area contributed by atoms with E-state index in [0.29, 0.717) is 10.6 Å². The molecule has 0 fully saturated rings. The number of hydrogen-bond donors (Lipinski definition) is 1. The van der Waals surface area contributed by atoms with Crippen LogP contribution in [-0.4, -0.2) is 7.05 Å². The van der Waals surface area contributed by atoms with Crippen LogP contribution in [0, 0.1) is 11.6 Å². The predicted octanol–water partition coefficient (Wildman–Crippen LogP) is 4.57. The third-order valence-corrected chi connectivity index (χ3v) is 3.49. The van der Waals surface area contributed by atoms with E-state index in [-0.39, 0.29) is 11.6 Å². The van der Waals surface area contributed by atoms with Crippen LogP contribution in [0.3, 0.4) is 0 Å². The van der Waals surface area contributed by atoms with Gasteiger partial charge in [0.2, 0.25) is 0 Å². The van der Waals surface area contributed by atoms with E-state index in [9.17, 15) is 8.78 Å². The SMILES string of the molecule is CNC(C)c1ccc(-c2cccc(F)c2F)cc1Cl. The minimum atomic E-state index is -0.860. The van der Waals surface area contributed by atoms with Gasteiger partial charge in [-0.05, 0) is 37.2 Å². The van der Waals surface area contributed by atoms with Crippen LogP contribution in [0.15, 0.2) is 36.4 Å². The van der Waals surface area contributed by atoms with Crippen LogP contribution in [0.25, 0.3) is 11.1 Å². The van der Waals surface area contributed by atoms with Gasteiger partial charge in [-0.15, -0.1) is 0 Å². The molecule has 100 valence electrons. The Morgan fingerprint density at radius 1 is 1.16 bits per heavy atom. The van der Waals surface area contributed by atoms with Crippen molar-refractivity contribution in [3.8, 4) is 11.1 Å². The molecule has 0 aliphatic heterocycles. The van der Waals surface area contributed by atoms with Crippen molar-refractivity contribution in [3.05, 3.63) is 58.6 Å². The van der Waals surface area contributed by atoms with Crippen LogP contribution in [0.1, 0.15) is 18.5 Å². The minimum absolute atomic E-state index is 0.0962. The van der Waals surface area contributed by atoms with Crippen LogP contribution in [0.2, 0.25) is 5.02 Å². The van der Waals surface area contributed by atoms with Gasteiger partial charge in [0.15, 0.2) is 11.6 Å². The molecule has 0 bridgehead atoms. The molecule has 0 aliphatic carbocycles. The van der Waals surface area contributed by atoms with E-state index < -0.39 is 11.6 Å². The summed E-state index contributed by atoms with van der Waals surface area (Å²) < 4.78 is 26.9. The van der Waals surface area contributed by atoms with E-state index in [2.05, 4.69) is 5.32 Å². The van der Waals surface area contributed by atoms with Gasteiger partial charge in [0, 0.05) is 16.6 Å². The molecule has 0 aliphatic rings. The van der Waals surface area contributed by atoms with Crippen molar-refractivity contribution in [2.45, 2.75) is 13.0 Å². The Labute approximate surface area is 116 Å². The molecule has 1 nitrogen and oxygen atoms in total. The fourth-order valence-corrected chi connectivity index (χ4v) is 2.27. The standard InChI is InChI=1S/C15H14ClF2N/c1-9(19-2)11-7-6-10(8-13(11)16)12-4-3-5-14(17)15(12)18/h3-9,19H,1-2H3. The van der Waals surface area contributed by atoms with Crippen LogP contribution >= 0.6 is 11.6 Å². The second kappa shape index (κ2) is 5.68. The van der Waals surface area contributed by atoms with Crippen LogP contribution < -0.4 is 5.32 Å². The zero-order valence-electron chi connectivity index (χ0n) is 10.7. The number of rotatable bonds is 3. The molecule has 2 rings (SSSR count). The van der Waals surface area contributed by atoms with Crippen molar-refractivity contribution in [1.29, 1.82) is 0 Å². The number of hydrogen-bond acceptors (Lipinski definition) is 1. The molecule has 1 atom stereocenters. The number of nitrogens with one attached hydrogen (secondary N) is 1. The maximum Gasteiger partial charge on any atom is 0.166 e. The molecule has 0 saturated heterocycles. The Kier molecular flexibility index (Phi) is 4.17. The van der Waals surface area contributed by atoms with E-state index >= 15 is 0 Å². The van der Waals surface area contributed by atoms with Gasteiger partial charge in [-0.25, -0.2) is 8.78 Å². The molecule has 0 spiro atoms. The van der Waals surface area contributed by atoms with E-state index in [0.717, 1.165) is 11.6 Å². The van der Waals surface area contributed by atoms with Crippen molar-refractivity contribution in [3.63, 3.8) is 0 Å². The molecular formula is C15H14ClF2N. The van der Waals surface area contributed by atoms with Crippen molar-refractivity contribution in [2.24, 2.45) is 0 Å². The van der Waals surface area contributed by atoms with Crippen molar-refractivity contribution < 1.29 is 8.78 Å². The van der Waals surface area contributed by atoms with E-state index in [1.807, 2.05) is 20.0 Å². The molecule has 2 aromatic rings. The highest BCUT2D eigenvalue weighted by atomic mass is 35.5. The summed E-state index contributed by atoms with van der Waals surface area (Å²) in [6.07, 6.45) is 0. The minimum Gasteiger partial charge on any atom is -0.313 e.